The number of pyridine rings is 2. The molecule has 1 aliphatic heterocycles. The van der Waals surface area contributed by atoms with Crippen LogP contribution in [0.1, 0.15) is 93.9 Å². The van der Waals surface area contributed by atoms with Gasteiger partial charge in [0.25, 0.3) is 5.91 Å². The van der Waals surface area contributed by atoms with E-state index in [4.69, 9.17) is 19.8 Å². The minimum absolute atomic E-state index is 0.0511. The minimum atomic E-state index is -3.75. The van der Waals surface area contributed by atoms with Crippen molar-refractivity contribution < 1.29 is 17.9 Å². The third-order valence-electron chi connectivity index (χ3n) is 8.18. The summed E-state index contributed by atoms with van der Waals surface area (Å²) in [5.41, 5.74) is 3.20. The van der Waals surface area contributed by atoms with Crippen LogP contribution in [0.3, 0.4) is 0 Å². The van der Waals surface area contributed by atoms with Crippen molar-refractivity contribution in [1.29, 1.82) is 0 Å². The number of hydrogen-bond acceptors (Lipinski definition) is 8. The van der Waals surface area contributed by atoms with E-state index >= 15 is 0 Å². The third-order valence-corrected chi connectivity index (χ3v) is 9.43. The standard InChI is InChI=1S/C29H40N6O4S/c1-5-40(37,38)33-29(36)24-17-23(20-11-12-25(30-18-20)34(4)21-13-15-39-16-14-21)26-27(19(2)3)32-35(28(26)31-24)22-9-7-6-8-10-22/h11-12,17-19,21-22H,5-10,13-16H2,1-4H3,(H,33,36). The third kappa shape index (κ3) is 5.85. The number of amides is 1. The molecule has 3 aromatic heterocycles. The second-order valence-electron chi connectivity index (χ2n) is 11.2. The van der Waals surface area contributed by atoms with Crippen LogP contribution in [0, 0.1) is 0 Å². The molecule has 0 radical (unpaired) electrons. The van der Waals surface area contributed by atoms with Crippen LogP contribution in [0.5, 0.6) is 0 Å². The van der Waals surface area contributed by atoms with Gasteiger partial charge in [0.2, 0.25) is 10.0 Å². The van der Waals surface area contributed by atoms with E-state index in [1.807, 2.05) is 23.0 Å². The SMILES string of the molecule is CCS(=O)(=O)NC(=O)c1cc(-c2ccc(N(C)C3CCOCC3)nc2)c2c(C(C)C)nn(C3CCCCC3)c2n1. The lowest BCUT2D eigenvalue weighted by Crippen LogP contribution is -2.37. The Balaban J connectivity index is 1.63. The van der Waals surface area contributed by atoms with E-state index in [1.54, 1.807) is 6.07 Å². The van der Waals surface area contributed by atoms with Crippen molar-refractivity contribution in [2.45, 2.75) is 83.7 Å². The molecule has 1 amide bonds. The fraction of sp³-hybridized carbons (Fsp3) is 0.586. The van der Waals surface area contributed by atoms with Gasteiger partial charge in [-0.1, -0.05) is 33.1 Å². The number of ether oxygens (including phenoxy) is 1. The second-order valence-corrected chi connectivity index (χ2v) is 13.2. The van der Waals surface area contributed by atoms with E-state index in [9.17, 15) is 13.2 Å². The van der Waals surface area contributed by atoms with Crippen molar-refractivity contribution in [2.24, 2.45) is 0 Å². The van der Waals surface area contributed by atoms with E-state index in [0.717, 1.165) is 79.8 Å². The fourth-order valence-electron chi connectivity index (χ4n) is 5.77. The van der Waals surface area contributed by atoms with Gasteiger partial charge in [0.05, 0.1) is 22.9 Å². The minimum Gasteiger partial charge on any atom is -0.381 e. The van der Waals surface area contributed by atoms with Gasteiger partial charge >= 0.3 is 0 Å². The Morgan fingerprint density at radius 1 is 1.15 bits per heavy atom. The highest BCUT2D eigenvalue weighted by atomic mass is 32.2. The lowest BCUT2D eigenvalue weighted by atomic mass is 9.95. The molecule has 0 unspecified atom stereocenters. The Morgan fingerprint density at radius 2 is 1.88 bits per heavy atom. The first-order valence-electron chi connectivity index (χ1n) is 14.4. The van der Waals surface area contributed by atoms with Gasteiger partial charge in [-0.25, -0.2) is 27.8 Å². The van der Waals surface area contributed by atoms with Gasteiger partial charge in [-0.15, -0.1) is 0 Å². The summed E-state index contributed by atoms with van der Waals surface area (Å²) in [6.07, 6.45) is 9.19. The smallest absolute Gasteiger partial charge is 0.283 e. The van der Waals surface area contributed by atoms with Gasteiger partial charge in [-0.3, -0.25) is 4.79 Å². The number of aromatic nitrogens is 4. The van der Waals surface area contributed by atoms with Crippen LogP contribution in [-0.2, 0) is 14.8 Å². The molecule has 1 saturated carbocycles. The van der Waals surface area contributed by atoms with Gasteiger partial charge in [0.1, 0.15) is 11.5 Å². The Bertz CT molecular complexity index is 1460. The zero-order chi connectivity index (χ0) is 28.4. The number of carbonyl (C=O) groups is 1. The number of fused-ring (bicyclic) bond motifs is 1. The summed E-state index contributed by atoms with van der Waals surface area (Å²) in [6.45, 7) is 7.22. The highest BCUT2D eigenvalue weighted by Crippen LogP contribution is 2.38. The maximum absolute atomic E-state index is 13.2. The predicted molar refractivity (Wildman–Crippen MR) is 156 cm³/mol. The van der Waals surface area contributed by atoms with E-state index in [2.05, 4.69) is 30.5 Å². The zero-order valence-electron chi connectivity index (χ0n) is 23.9. The van der Waals surface area contributed by atoms with Gasteiger partial charge < -0.3 is 9.64 Å². The fourth-order valence-corrected chi connectivity index (χ4v) is 6.30. The summed E-state index contributed by atoms with van der Waals surface area (Å²) in [7, 11) is -1.69. The molecule has 2 aliphatic rings. The summed E-state index contributed by atoms with van der Waals surface area (Å²) >= 11 is 0. The van der Waals surface area contributed by atoms with Crippen molar-refractivity contribution in [3.63, 3.8) is 0 Å². The highest BCUT2D eigenvalue weighted by Gasteiger charge is 2.27. The van der Waals surface area contributed by atoms with E-state index in [0.29, 0.717) is 11.7 Å². The average molecular weight is 569 g/mol. The molecule has 1 saturated heterocycles. The normalized spacial score (nSPS) is 17.4. The number of rotatable bonds is 8. The topological polar surface area (TPSA) is 119 Å². The lowest BCUT2D eigenvalue weighted by Gasteiger charge is -2.32. The van der Waals surface area contributed by atoms with Crippen LogP contribution in [0.25, 0.3) is 22.2 Å². The molecule has 1 N–H and O–H groups in total. The Kier molecular flexibility index (Phi) is 8.42. The molecule has 5 rings (SSSR count). The van der Waals surface area contributed by atoms with Crippen molar-refractivity contribution in [3.05, 3.63) is 35.8 Å². The summed E-state index contributed by atoms with van der Waals surface area (Å²) < 4.78 is 34.1. The maximum atomic E-state index is 13.2. The Hall–Kier alpha value is -3.05. The highest BCUT2D eigenvalue weighted by molar-refractivity contribution is 7.90. The van der Waals surface area contributed by atoms with E-state index < -0.39 is 15.9 Å². The van der Waals surface area contributed by atoms with Gasteiger partial charge in [0.15, 0.2) is 5.65 Å². The number of nitrogens with one attached hydrogen (secondary N) is 1. The molecule has 0 spiro atoms. The molecule has 0 atom stereocenters. The summed E-state index contributed by atoms with van der Waals surface area (Å²) in [5, 5.41) is 5.95. The largest absolute Gasteiger partial charge is 0.381 e. The molecule has 11 heteroatoms. The van der Waals surface area contributed by atoms with Gasteiger partial charge in [-0.05, 0) is 62.3 Å². The monoisotopic (exact) mass is 568 g/mol. The molecule has 0 aromatic carbocycles. The quantitative estimate of drug-likeness (QED) is 0.411. The molecular weight excluding hydrogens is 528 g/mol. The van der Waals surface area contributed by atoms with Crippen LogP contribution in [0.2, 0.25) is 0 Å². The van der Waals surface area contributed by atoms with Crippen LogP contribution in [0.4, 0.5) is 5.82 Å². The number of carbonyl (C=O) groups excluding carboxylic acids is 1. The molecule has 40 heavy (non-hydrogen) atoms. The summed E-state index contributed by atoms with van der Waals surface area (Å²) in [5.74, 6) is 0.0587. The lowest BCUT2D eigenvalue weighted by molar-refractivity contribution is 0.0853. The molecule has 0 bridgehead atoms. The molecule has 1 aliphatic carbocycles. The number of sulfonamides is 1. The first kappa shape index (κ1) is 28.5. The van der Waals surface area contributed by atoms with Crippen molar-refractivity contribution >= 4 is 32.8 Å². The number of hydrogen-bond donors (Lipinski definition) is 1. The van der Waals surface area contributed by atoms with Crippen molar-refractivity contribution in [3.8, 4) is 11.1 Å². The number of anilines is 1. The first-order chi connectivity index (χ1) is 19.2. The first-order valence-corrected chi connectivity index (χ1v) is 16.1. The summed E-state index contributed by atoms with van der Waals surface area (Å²) in [4.78, 5) is 24.9. The molecule has 4 heterocycles. The summed E-state index contributed by atoms with van der Waals surface area (Å²) in [6, 6.07) is 6.26. The van der Waals surface area contributed by atoms with Crippen LogP contribution in [-0.4, -0.2) is 66.1 Å². The van der Waals surface area contributed by atoms with Gasteiger partial charge in [-0.2, -0.15) is 5.10 Å². The Labute approximate surface area is 236 Å². The molecule has 3 aromatic rings. The zero-order valence-corrected chi connectivity index (χ0v) is 24.7. The van der Waals surface area contributed by atoms with Crippen LogP contribution < -0.4 is 9.62 Å². The van der Waals surface area contributed by atoms with Crippen molar-refractivity contribution in [1.82, 2.24) is 24.5 Å². The maximum Gasteiger partial charge on any atom is 0.283 e. The molecule has 2 fully saturated rings. The van der Waals surface area contributed by atoms with E-state index in [-0.39, 0.29) is 23.4 Å². The average Bonchev–Trinajstić information content (AvgIpc) is 3.37. The predicted octanol–water partition coefficient (Wildman–Crippen LogP) is 4.82. The second kappa shape index (κ2) is 11.8. The van der Waals surface area contributed by atoms with Crippen LogP contribution >= 0.6 is 0 Å². The van der Waals surface area contributed by atoms with Gasteiger partial charge in [0, 0.05) is 38.1 Å². The van der Waals surface area contributed by atoms with Crippen molar-refractivity contribution in [2.75, 3.05) is 30.9 Å². The molecular formula is C29H40N6O4S. The molecule has 10 nitrogen and oxygen atoms in total. The van der Waals surface area contributed by atoms with E-state index in [1.165, 1.54) is 13.3 Å². The van der Waals surface area contributed by atoms with Crippen LogP contribution in [0.15, 0.2) is 24.4 Å². The molecule has 216 valence electrons. The Morgan fingerprint density at radius 3 is 2.50 bits per heavy atom. The number of nitrogens with zero attached hydrogens (tertiary/aromatic N) is 5.